The van der Waals surface area contributed by atoms with Crippen LogP contribution in [0.1, 0.15) is 22.1 Å². The van der Waals surface area contributed by atoms with Gasteiger partial charge in [-0.2, -0.15) is 0 Å². The molecular weight excluding hydrogens is 156 g/mol. The Balaban J connectivity index is 3.17. The summed E-state index contributed by atoms with van der Waals surface area (Å²) in [5.74, 6) is -1.01. The summed E-state index contributed by atoms with van der Waals surface area (Å²) in [4.78, 5) is 10.6. The molecule has 0 bridgehead atoms. The molecule has 12 heavy (non-hydrogen) atoms. The van der Waals surface area contributed by atoms with E-state index in [1.54, 1.807) is 18.2 Å². The number of carboxylic acid groups (broad SMARTS) is 1. The molecule has 0 aliphatic heterocycles. The third-order valence-corrected chi connectivity index (χ3v) is 1.55. The summed E-state index contributed by atoms with van der Waals surface area (Å²) in [5.41, 5.74) is 11.3. The van der Waals surface area contributed by atoms with Gasteiger partial charge in [-0.25, -0.2) is 4.79 Å². The van der Waals surface area contributed by atoms with Crippen LogP contribution in [0.3, 0.4) is 0 Å². The van der Waals surface area contributed by atoms with E-state index in [0.717, 1.165) is 0 Å². The second-order valence-corrected chi connectivity index (χ2v) is 2.42. The van der Waals surface area contributed by atoms with Crippen molar-refractivity contribution in [3.8, 4) is 0 Å². The summed E-state index contributed by atoms with van der Waals surface area (Å²) in [5, 5.41) is 8.70. The second-order valence-electron chi connectivity index (χ2n) is 2.42. The summed E-state index contributed by atoms with van der Waals surface area (Å²) in [6.45, 7) is 0. The second kappa shape index (κ2) is 3.34. The van der Waals surface area contributed by atoms with Crippen molar-refractivity contribution >= 4 is 5.97 Å². The highest BCUT2D eigenvalue weighted by molar-refractivity contribution is 5.89. The predicted molar refractivity (Wildman–Crippen MR) is 44.5 cm³/mol. The van der Waals surface area contributed by atoms with Crippen molar-refractivity contribution in [2.45, 2.75) is 6.17 Å². The van der Waals surface area contributed by atoms with Gasteiger partial charge in [-0.15, -0.1) is 0 Å². The average Bonchev–Trinajstić information content (AvgIpc) is 2.04. The Hall–Kier alpha value is -1.39. The monoisotopic (exact) mass is 166 g/mol. The normalized spacial score (nSPS) is 10.2. The molecule has 0 aliphatic carbocycles. The Bertz CT molecular complexity index is 297. The Morgan fingerprint density at radius 2 is 1.92 bits per heavy atom. The van der Waals surface area contributed by atoms with E-state index in [1.165, 1.54) is 6.07 Å². The van der Waals surface area contributed by atoms with Gasteiger partial charge in [0.2, 0.25) is 0 Å². The maximum atomic E-state index is 10.6. The third-order valence-electron chi connectivity index (χ3n) is 1.55. The van der Waals surface area contributed by atoms with E-state index in [-0.39, 0.29) is 5.56 Å². The van der Waals surface area contributed by atoms with Crippen LogP contribution in [0.25, 0.3) is 0 Å². The SMILES string of the molecule is NC(N)c1ccccc1C(=O)O. The van der Waals surface area contributed by atoms with E-state index >= 15 is 0 Å². The van der Waals surface area contributed by atoms with Gasteiger partial charge in [0.15, 0.2) is 0 Å². The molecular formula is C8H10N2O2. The van der Waals surface area contributed by atoms with E-state index in [9.17, 15) is 4.79 Å². The summed E-state index contributed by atoms with van der Waals surface area (Å²) in [6, 6.07) is 6.42. The maximum absolute atomic E-state index is 10.6. The first-order valence-electron chi connectivity index (χ1n) is 3.46. The Labute approximate surface area is 69.8 Å². The van der Waals surface area contributed by atoms with Crippen molar-refractivity contribution in [3.05, 3.63) is 35.4 Å². The van der Waals surface area contributed by atoms with Gasteiger partial charge in [0.1, 0.15) is 0 Å². The lowest BCUT2D eigenvalue weighted by atomic mass is 10.1. The van der Waals surface area contributed by atoms with Crippen LogP contribution >= 0.6 is 0 Å². The molecule has 1 rings (SSSR count). The molecule has 0 spiro atoms. The largest absolute Gasteiger partial charge is 0.478 e. The number of hydrogen-bond donors (Lipinski definition) is 3. The van der Waals surface area contributed by atoms with Crippen LogP contribution in [0, 0.1) is 0 Å². The number of hydrogen-bond acceptors (Lipinski definition) is 3. The first-order valence-corrected chi connectivity index (χ1v) is 3.46. The average molecular weight is 166 g/mol. The number of nitrogens with two attached hydrogens (primary N) is 2. The molecule has 4 nitrogen and oxygen atoms in total. The van der Waals surface area contributed by atoms with Crippen LogP contribution in [0.15, 0.2) is 24.3 Å². The molecule has 0 unspecified atom stereocenters. The van der Waals surface area contributed by atoms with Crippen molar-refractivity contribution < 1.29 is 9.90 Å². The van der Waals surface area contributed by atoms with Crippen LogP contribution in [0.5, 0.6) is 0 Å². The van der Waals surface area contributed by atoms with Gasteiger partial charge in [-0.1, -0.05) is 18.2 Å². The fourth-order valence-corrected chi connectivity index (χ4v) is 0.982. The van der Waals surface area contributed by atoms with Gasteiger partial charge in [-0.3, -0.25) is 0 Å². The number of rotatable bonds is 2. The van der Waals surface area contributed by atoms with Crippen LogP contribution in [-0.4, -0.2) is 11.1 Å². The molecule has 0 radical (unpaired) electrons. The zero-order valence-corrected chi connectivity index (χ0v) is 6.40. The molecule has 1 aromatic rings. The molecule has 0 heterocycles. The summed E-state index contributed by atoms with van der Waals surface area (Å²) in [6.07, 6.45) is -0.739. The van der Waals surface area contributed by atoms with Crippen molar-refractivity contribution in [2.75, 3.05) is 0 Å². The molecule has 0 saturated carbocycles. The Kier molecular flexibility index (Phi) is 2.42. The lowest BCUT2D eigenvalue weighted by Gasteiger charge is -2.08. The molecule has 4 heteroatoms. The van der Waals surface area contributed by atoms with Crippen molar-refractivity contribution in [2.24, 2.45) is 11.5 Å². The van der Waals surface area contributed by atoms with Gasteiger partial charge in [0.05, 0.1) is 11.7 Å². The zero-order chi connectivity index (χ0) is 9.14. The van der Waals surface area contributed by atoms with E-state index in [1.807, 2.05) is 0 Å². The molecule has 0 fully saturated rings. The highest BCUT2D eigenvalue weighted by Gasteiger charge is 2.11. The highest BCUT2D eigenvalue weighted by atomic mass is 16.4. The predicted octanol–water partition coefficient (Wildman–Crippen LogP) is 0.301. The minimum absolute atomic E-state index is 0.160. The van der Waals surface area contributed by atoms with Gasteiger partial charge in [0, 0.05) is 0 Å². The minimum atomic E-state index is -1.01. The summed E-state index contributed by atoms with van der Waals surface area (Å²) in [7, 11) is 0. The van der Waals surface area contributed by atoms with Gasteiger partial charge in [-0.05, 0) is 11.6 Å². The van der Waals surface area contributed by atoms with Crippen LogP contribution < -0.4 is 11.5 Å². The molecule has 0 atom stereocenters. The van der Waals surface area contributed by atoms with Crippen LogP contribution in [0.4, 0.5) is 0 Å². The number of carboxylic acids is 1. The molecule has 0 saturated heterocycles. The first kappa shape index (κ1) is 8.70. The van der Waals surface area contributed by atoms with Gasteiger partial charge >= 0.3 is 5.97 Å². The zero-order valence-electron chi connectivity index (χ0n) is 6.40. The fourth-order valence-electron chi connectivity index (χ4n) is 0.982. The molecule has 0 aromatic heterocycles. The van der Waals surface area contributed by atoms with E-state index in [2.05, 4.69) is 0 Å². The van der Waals surface area contributed by atoms with Gasteiger partial charge < -0.3 is 16.6 Å². The van der Waals surface area contributed by atoms with Crippen LogP contribution in [0.2, 0.25) is 0 Å². The molecule has 1 aromatic carbocycles. The number of benzene rings is 1. The molecule has 0 aliphatic rings. The van der Waals surface area contributed by atoms with E-state index in [0.29, 0.717) is 5.56 Å². The van der Waals surface area contributed by atoms with Crippen molar-refractivity contribution in [1.29, 1.82) is 0 Å². The highest BCUT2D eigenvalue weighted by Crippen LogP contribution is 2.11. The molecule has 64 valence electrons. The lowest BCUT2D eigenvalue weighted by Crippen LogP contribution is -2.22. The topological polar surface area (TPSA) is 89.3 Å². The van der Waals surface area contributed by atoms with Crippen molar-refractivity contribution in [1.82, 2.24) is 0 Å². The quantitative estimate of drug-likeness (QED) is 0.551. The first-order chi connectivity index (χ1) is 5.63. The number of carbonyl (C=O) groups is 1. The summed E-state index contributed by atoms with van der Waals surface area (Å²) >= 11 is 0. The minimum Gasteiger partial charge on any atom is -0.478 e. The number of aromatic carboxylic acids is 1. The maximum Gasteiger partial charge on any atom is 0.336 e. The Morgan fingerprint density at radius 3 is 2.33 bits per heavy atom. The Morgan fingerprint density at radius 1 is 1.33 bits per heavy atom. The standard InChI is InChI=1S/C8H10N2O2/c9-7(10)5-3-1-2-4-6(5)8(11)12/h1-4,7H,9-10H2,(H,11,12). The van der Waals surface area contributed by atoms with E-state index in [4.69, 9.17) is 16.6 Å². The molecule has 5 N–H and O–H groups in total. The third kappa shape index (κ3) is 1.61. The fraction of sp³-hybridized carbons (Fsp3) is 0.125. The van der Waals surface area contributed by atoms with Crippen LogP contribution in [-0.2, 0) is 0 Å². The molecule has 0 amide bonds. The van der Waals surface area contributed by atoms with Gasteiger partial charge in [0.25, 0.3) is 0 Å². The van der Waals surface area contributed by atoms with Crippen molar-refractivity contribution in [3.63, 3.8) is 0 Å². The van der Waals surface area contributed by atoms with E-state index < -0.39 is 12.1 Å². The smallest absolute Gasteiger partial charge is 0.336 e. The lowest BCUT2D eigenvalue weighted by molar-refractivity contribution is 0.0695. The summed E-state index contributed by atoms with van der Waals surface area (Å²) < 4.78 is 0.